The summed E-state index contributed by atoms with van der Waals surface area (Å²) in [6, 6.07) is 6.56. The number of phenolic OH excluding ortho intramolecular Hbond substituents is 1. The largest absolute Gasteiger partial charge is 0.506 e. The number of fused-ring (bicyclic) bond motifs is 1. The van der Waals surface area contributed by atoms with E-state index in [0.717, 1.165) is 0 Å². The predicted octanol–water partition coefficient (Wildman–Crippen LogP) is 2.91. The Hall–Kier alpha value is -3.05. The zero-order valence-electron chi connectivity index (χ0n) is 18.5. The maximum absolute atomic E-state index is 14.0. The highest BCUT2D eigenvalue weighted by molar-refractivity contribution is 5.83. The van der Waals surface area contributed by atoms with E-state index in [4.69, 9.17) is 14.5 Å². The number of alkyl halides is 2. The average molecular weight is 460 g/mol. The summed E-state index contributed by atoms with van der Waals surface area (Å²) in [6.07, 6.45) is -2.88. The van der Waals surface area contributed by atoms with Gasteiger partial charge in [-0.25, -0.2) is 13.8 Å². The third-order valence-electron chi connectivity index (χ3n) is 6.29. The van der Waals surface area contributed by atoms with Crippen molar-refractivity contribution in [3.8, 4) is 11.7 Å². The van der Waals surface area contributed by atoms with Crippen molar-refractivity contribution in [3.05, 3.63) is 30.1 Å². The van der Waals surface area contributed by atoms with Crippen LogP contribution in [0.25, 0.3) is 17.0 Å². The van der Waals surface area contributed by atoms with Crippen molar-refractivity contribution >= 4 is 22.7 Å². The molecule has 11 heteroatoms. The van der Waals surface area contributed by atoms with Crippen LogP contribution in [0.4, 0.5) is 20.4 Å². The molecule has 2 aromatic heterocycles. The Morgan fingerprint density at radius 1 is 1.03 bits per heavy atom. The third kappa shape index (κ3) is 3.95. The molecule has 5 rings (SSSR count). The summed E-state index contributed by atoms with van der Waals surface area (Å²) >= 11 is 0. The Bertz CT molecular complexity index is 1150. The first-order chi connectivity index (χ1) is 15.9. The molecule has 3 aromatic rings. The second-order valence-electron chi connectivity index (χ2n) is 8.24. The number of aromatic nitrogens is 4. The van der Waals surface area contributed by atoms with Crippen LogP contribution in [0.5, 0.6) is 5.75 Å². The molecule has 33 heavy (non-hydrogen) atoms. The molecule has 2 unspecified atom stereocenters. The standard InChI is InChI=1S/C22H26F2N6O3/c1-13-14(2)33-11-8-29(13)18-12-17(28-6-9-32-10-7-28)25-22(26-18)30-15-4-3-5-16(31)19(15)27-21(30)20(23)24/h3-5,12-14,20,31H,6-11H2,1-2H3. The topological polar surface area (TPSA) is 88.8 Å². The van der Waals surface area contributed by atoms with Gasteiger partial charge >= 0.3 is 0 Å². The SMILES string of the molecule is CC1OCCN(c2cc(N3CCOCC3)nc(-n3c(C(F)F)nc4c(O)cccc43)n2)C1C. The van der Waals surface area contributed by atoms with Gasteiger partial charge in [0.1, 0.15) is 22.9 Å². The minimum atomic E-state index is -2.88. The monoisotopic (exact) mass is 460 g/mol. The fourth-order valence-electron chi connectivity index (χ4n) is 4.33. The molecule has 176 valence electrons. The van der Waals surface area contributed by atoms with E-state index in [1.54, 1.807) is 12.1 Å². The molecule has 4 heterocycles. The van der Waals surface area contributed by atoms with Crippen LogP contribution in [0.3, 0.4) is 0 Å². The van der Waals surface area contributed by atoms with E-state index in [-0.39, 0.29) is 29.4 Å². The van der Waals surface area contributed by atoms with Crippen molar-refractivity contribution in [2.75, 3.05) is 49.3 Å². The number of hydrogen-bond acceptors (Lipinski definition) is 8. The Kier molecular flexibility index (Phi) is 5.75. The van der Waals surface area contributed by atoms with Crippen molar-refractivity contribution in [1.82, 2.24) is 19.5 Å². The third-order valence-corrected chi connectivity index (χ3v) is 6.29. The lowest BCUT2D eigenvalue weighted by molar-refractivity contribution is 0.0281. The van der Waals surface area contributed by atoms with Gasteiger partial charge in [0.05, 0.1) is 37.5 Å². The van der Waals surface area contributed by atoms with Gasteiger partial charge in [0.25, 0.3) is 6.43 Å². The Morgan fingerprint density at radius 2 is 1.79 bits per heavy atom. The summed E-state index contributed by atoms with van der Waals surface area (Å²) in [6.45, 7) is 7.61. The average Bonchev–Trinajstić information content (AvgIpc) is 3.23. The van der Waals surface area contributed by atoms with Gasteiger partial charge in [-0.2, -0.15) is 9.97 Å². The number of hydrogen-bond donors (Lipinski definition) is 1. The smallest absolute Gasteiger partial charge is 0.296 e. The van der Waals surface area contributed by atoms with Gasteiger partial charge < -0.3 is 24.4 Å². The molecule has 0 saturated carbocycles. The summed E-state index contributed by atoms with van der Waals surface area (Å²) in [5, 5.41) is 10.2. The van der Waals surface area contributed by atoms with Crippen LogP contribution < -0.4 is 9.80 Å². The number of aromatic hydroxyl groups is 1. The van der Waals surface area contributed by atoms with Crippen molar-refractivity contribution in [2.45, 2.75) is 32.4 Å². The normalized spacial score (nSPS) is 21.8. The number of anilines is 2. The molecular weight excluding hydrogens is 434 g/mol. The summed E-state index contributed by atoms with van der Waals surface area (Å²) < 4.78 is 40.5. The molecule has 9 nitrogen and oxygen atoms in total. The quantitative estimate of drug-likeness (QED) is 0.636. The number of halogens is 2. The van der Waals surface area contributed by atoms with Gasteiger partial charge in [-0.15, -0.1) is 0 Å². The number of rotatable bonds is 4. The van der Waals surface area contributed by atoms with Crippen LogP contribution in [-0.4, -0.2) is 76.2 Å². The summed E-state index contributed by atoms with van der Waals surface area (Å²) in [5.41, 5.74) is 0.404. The molecule has 2 aliphatic rings. The van der Waals surface area contributed by atoms with Gasteiger partial charge in [0, 0.05) is 25.7 Å². The minimum Gasteiger partial charge on any atom is -0.506 e. The van der Waals surface area contributed by atoms with Gasteiger partial charge in [-0.05, 0) is 26.0 Å². The lowest BCUT2D eigenvalue weighted by Gasteiger charge is -2.39. The van der Waals surface area contributed by atoms with E-state index in [2.05, 4.69) is 26.7 Å². The second kappa shape index (κ2) is 8.71. The number of para-hydroxylation sites is 1. The molecule has 2 atom stereocenters. The minimum absolute atomic E-state index is 0.00773. The molecular formula is C22H26F2N6O3. The fourth-order valence-corrected chi connectivity index (χ4v) is 4.33. The Morgan fingerprint density at radius 3 is 2.55 bits per heavy atom. The van der Waals surface area contributed by atoms with Crippen LogP contribution in [0.1, 0.15) is 26.1 Å². The molecule has 2 saturated heterocycles. The van der Waals surface area contributed by atoms with E-state index in [1.165, 1.54) is 10.6 Å². The predicted molar refractivity (Wildman–Crippen MR) is 119 cm³/mol. The first kappa shape index (κ1) is 21.8. The number of phenols is 1. The fraction of sp³-hybridized carbons (Fsp3) is 0.500. The summed E-state index contributed by atoms with van der Waals surface area (Å²) in [7, 11) is 0. The first-order valence-corrected chi connectivity index (χ1v) is 11.0. The van der Waals surface area contributed by atoms with E-state index in [9.17, 15) is 13.9 Å². The number of benzene rings is 1. The maximum Gasteiger partial charge on any atom is 0.296 e. The molecule has 1 N–H and O–H groups in total. The zero-order chi connectivity index (χ0) is 23.1. The highest BCUT2D eigenvalue weighted by Crippen LogP contribution is 2.33. The lowest BCUT2D eigenvalue weighted by Crippen LogP contribution is -2.49. The van der Waals surface area contributed by atoms with Gasteiger partial charge in [0.2, 0.25) is 5.95 Å². The molecule has 0 amide bonds. The van der Waals surface area contributed by atoms with Crippen molar-refractivity contribution in [2.24, 2.45) is 0 Å². The second-order valence-corrected chi connectivity index (χ2v) is 8.24. The Labute approximate surface area is 189 Å². The molecule has 0 spiro atoms. The molecule has 0 radical (unpaired) electrons. The molecule has 1 aromatic carbocycles. The molecule has 2 aliphatic heterocycles. The van der Waals surface area contributed by atoms with Crippen molar-refractivity contribution in [1.29, 1.82) is 0 Å². The number of imidazole rings is 1. The van der Waals surface area contributed by atoms with E-state index >= 15 is 0 Å². The lowest BCUT2D eigenvalue weighted by atomic mass is 10.1. The van der Waals surface area contributed by atoms with Crippen molar-refractivity contribution < 1.29 is 23.4 Å². The number of ether oxygens (including phenoxy) is 2. The first-order valence-electron chi connectivity index (χ1n) is 11.0. The number of morpholine rings is 2. The van der Waals surface area contributed by atoms with Crippen LogP contribution in [0.2, 0.25) is 0 Å². The molecule has 2 fully saturated rings. The van der Waals surface area contributed by atoms with E-state index in [0.29, 0.717) is 56.6 Å². The van der Waals surface area contributed by atoms with E-state index < -0.39 is 12.2 Å². The van der Waals surface area contributed by atoms with Gasteiger partial charge in [-0.3, -0.25) is 4.57 Å². The van der Waals surface area contributed by atoms with E-state index in [1.807, 2.05) is 13.0 Å². The zero-order valence-corrected chi connectivity index (χ0v) is 18.5. The van der Waals surface area contributed by atoms with Gasteiger partial charge in [-0.1, -0.05) is 6.07 Å². The van der Waals surface area contributed by atoms with Crippen LogP contribution in [0.15, 0.2) is 24.3 Å². The van der Waals surface area contributed by atoms with Crippen molar-refractivity contribution in [3.63, 3.8) is 0 Å². The molecule has 0 aliphatic carbocycles. The number of nitrogens with zero attached hydrogens (tertiary/aromatic N) is 6. The van der Waals surface area contributed by atoms with Crippen LogP contribution in [-0.2, 0) is 9.47 Å². The highest BCUT2D eigenvalue weighted by atomic mass is 19.3. The van der Waals surface area contributed by atoms with Gasteiger partial charge in [0.15, 0.2) is 5.82 Å². The molecule has 0 bridgehead atoms. The Balaban J connectivity index is 1.70. The summed E-state index contributed by atoms with van der Waals surface area (Å²) in [4.78, 5) is 17.6. The van der Waals surface area contributed by atoms with Crippen LogP contribution in [0, 0.1) is 0 Å². The highest BCUT2D eigenvalue weighted by Gasteiger charge is 2.30. The van der Waals surface area contributed by atoms with Crippen LogP contribution >= 0.6 is 0 Å². The maximum atomic E-state index is 14.0. The summed E-state index contributed by atoms with van der Waals surface area (Å²) in [5.74, 6) is 0.662.